The smallest absolute Gasteiger partial charge is 0.313 e. The normalized spacial score (nSPS) is 11.8. The summed E-state index contributed by atoms with van der Waals surface area (Å²) in [5, 5.41) is 0.549. The van der Waals surface area contributed by atoms with Crippen molar-refractivity contribution in [2.75, 3.05) is 6.61 Å². The van der Waals surface area contributed by atoms with Gasteiger partial charge in [0.1, 0.15) is 12.2 Å². The van der Waals surface area contributed by atoms with E-state index in [9.17, 15) is 4.79 Å². The van der Waals surface area contributed by atoms with Crippen LogP contribution in [0, 0.1) is 0 Å². The minimum absolute atomic E-state index is 0.0853. The molecule has 0 aliphatic heterocycles. The number of aromatic nitrogens is 2. The lowest BCUT2D eigenvalue weighted by molar-refractivity contribution is -0.149. The van der Waals surface area contributed by atoms with E-state index in [1.165, 1.54) is 6.20 Å². The molecule has 1 heterocycles. The molecule has 0 radical (unpaired) electrons. The molecule has 6 nitrogen and oxygen atoms in total. The number of hydrogen-bond acceptors (Lipinski definition) is 6. The highest BCUT2D eigenvalue weighted by molar-refractivity contribution is 6.31. The van der Waals surface area contributed by atoms with Crippen molar-refractivity contribution < 1.29 is 19.0 Å². The molecular weight excluding hydrogens is 356 g/mol. The van der Waals surface area contributed by atoms with Crippen LogP contribution in [0.25, 0.3) is 11.0 Å². The molecule has 3 rings (SSSR count). The summed E-state index contributed by atoms with van der Waals surface area (Å²) in [4.78, 5) is 20.5. The molecule has 0 N–H and O–H groups in total. The number of para-hydroxylation sites is 1. The molecule has 0 aliphatic carbocycles. The highest BCUT2D eigenvalue weighted by Crippen LogP contribution is 2.20. The first-order valence-electron chi connectivity index (χ1n) is 8.10. The second-order valence-electron chi connectivity index (χ2n) is 5.33. The Morgan fingerprint density at radius 3 is 2.69 bits per heavy atom. The molecule has 0 amide bonds. The quantitative estimate of drug-likeness (QED) is 0.461. The topological polar surface area (TPSA) is 70.5 Å². The van der Waals surface area contributed by atoms with Crippen molar-refractivity contribution in [2.24, 2.45) is 0 Å². The standard InChI is InChI=1S/C19H17ClN2O4/c1-2-24-18(23)11-19(25-14-6-4-3-5-7-14)26-17-12-21-15-9-8-13(20)10-16(15)22-17/h3-10,12,19H,2,11H2,1H3. The molecule has 0 bridgehead atoms. The van der Waals surface area contributed by atoms with Crippen LogP contribution in [0.3, 0.4) is 0 Å². The molecule has 0 spiro atoms. The lowest BCUT2D eigenvalue weighted by atomic mass is 10.3. The average Bonchev–Trinajstić information content (AvgIpc) is 2.62. The van der Waals surface area contributed by atoms with Crippen molar-refractivity contribution in [3.8, 4) is 11.6 Å². The molecule has 3 aromatic rings. The predicted molar refractivity (Wildman–Crippen MR) is 97.3 cm³/mol. The molecule has 2 aromatic carbocycles. The molecule has 0 aliphatic rings. The fourth-order valence-corrected chi connectivity index (χ4v) is 2.44. The van der Waals surface area contributed by atoms with E-state index in [4.69, 9.17) is 25.8 Å². The van der Waals surface area contributed by atoms with Gasteiger partial charge in [-0.1, -0.05) is 29.8 Å². The van der Waals surface area contributed by atoms with Gasteiger partial charge < -0.3 is 14.2 Å². The molecule has 1 unspecified atom stereocenters. The summed E-state index contributed by atoms with van der Waals surface area (Å²) >= 11 is 5.99. The van der Waals surface area contributed by atoms with Crippen LogP contribution in [-0.2, 0) is 9.53 Å². The van der Waals surface area contributed by atoms with Crippen LogP contribution in [-0.4, -0.2) is 28.8 Å². The number of fused-ring (bicyclic) bond motifs is 1. The van der Waals surface area contributed by atoms with Gasteiger partial charge in [-0.05, 0) is 37.3 Å². The van der Waals surface area contributed by atoms with Crippen LogP contribution >= 0.6 is 11.6 Å². The number of rotatable bonds is 7. The van der Waals surface area contributed by atoms with Gasteiger partial charge >= 0.3 is 5.97 Å². The lowest BCUT2D eigenvalue weighted by Gasteiger charge is -2.19. The van der Waals surface area contributed by atoms with E-state index in [-0.39, 0.29) is 18.9 Å². The number of nitrogens with zero attached hydrogens (tertiary/aromatic N) is 2. The largest absolute Gasteiger partial charge is 0.466 e. The summed E-state index contributed by atoms with van der Waals surface area (Å²) in [5.74, 6) is 0.369. The lowest BCUT2D eigenvalue weighted by Crippen LogP contribution is -2.28. The molecule has 1 aromatic heterocycles. The number of ether oxygens (including phenoxy) is 3. The van der Waals surface area contributed by atoms with E-state index in [1.54, 1.807) is 37.3 Å². The van der Waals surface area contributed by atoms with Gasteiger partial charge in [0.15, 0.2) is 0 Å². The number of benzene rings is 2. The highest BCUT2D eigenvalue weighted by atomic mass is 35.5. The summed E-state index contributed by atoms with van der Waals surface area (Å²) in [6.45, 7) is 2.02. The zero-order chi connectivity index (χ0) is 18.4. The van der Waals surface area contributed by atoms with Gasteiger partial charge in [-0.15, -0.1) is 0 Å². The Hall–Kier alpha value is -2.86. The van der Waals surface area contributed by atoms with Gasteiger partial charge in [-0.25, -0.2) is 9.97 Å². The van der Waals surface area contributed by atoms with Crippen molar-refractivity contribution in [1.29, 1.82) is 0 Å². The minimum atomic E-state index is -0.901. The summed E-state index contributed by atoms with van der Waals surface area (Å²) in [7, 11) is 0. The maximum Gasteiger partial charge on any atom is 0.313 e. The van der Waals surface area contributed by atoms with Crippen molar-refractivity contribution >= 4 is 28.6 Å². The maximum atomic E-state index is 11.9. The Morgan fingerprint density at radius 1 is 1.12 bits per heavy atom. The first-order valence-corrected chi connectivity index (χ1v) is 8.48. The molecule has 0 saturated carbocycles. The molecule has 1 atom stereocenters. The molecule has 134 valence electrons. The van der Waals surface area contributed by atoms with Crippen LogP contribution in [0.2, 0.25) is 5.02 Å². The second kappa shape index (κ2) is 8.49. The van der Waals surface area contributed by atoms with Gasteiger partial charge in [0.05, 0.1) is 23.8 Å². The predicted octanol–water partition coefficient (Wildman–Crippen LogP) is 4.02. The third kappa shape index (κ3) is 4.83. The SMILES string of the molecule is CCOC(=O)CC(Oc1ccccc1)Oc1cnc2ccc(Cl)cc2n1. The molecule has 0 fully saturated rings. The highest BCUT2D eigenvalue weighted by Gasteiger charge is 2.19. The zero-order valence-corrected chi connectivity index (χ0v) is 14.8. The van der Waals surface area contributed by atoms with E-state index in [1.807, 2.05) is 18.2 Å². The third-order valence-corrected chi connectivity index (χ3v) is 3.62. The number of carbonyl (C=O) groups is 1. The van der Waals surface area contributed by atoms with Crippen molar-refractivity contribution in [3.63, 3.8) is 0 Å². The van der Waals surface area contributed by atoms with Gasteiger partial charge in [0.2, 0.25) is 5.88 Å². The van der Waals surface area contributed by atoms with Crippen molar-refractivity contribution in [2.45, 2.75) is 19.6 Å². The Bertz CT molecular complexity index is 889. The first kappa shape index (κ1) is 17.9. The maximum absolute atomic E-state index is 11.9. The second-order valence-corrected chi connectivity index (χ2v) is 5.77. The van der Waals surface area contributed by atoms with E-state index in [0.29, 0.717) is 21.8 Å². The summed E-state index contributed by atoms with van der Waals surface area (Å²) in [5.41, 5.74) is 1.28. The summed E-state index contributed by atoms with van der Waals surface area (Å²) in [6, 6.07) is 14.3. The minimum Gasteiger partial charge on any atom is -0.466 e. The van der Waals surface area contributed by atoms with Crippen LogP contribution in [0.1, 0.15) is 13.3 Å². The Morgan fingerprint density at radius 2 is 1.92 bits per heavy atom. The van der Waals surface area contributed by atoms with E-state index in [2.05, 4.69) is 9.97 Å². The van der Waals surface area contributed by atoms with Crippen LogP contribution in [0.4, 0.5) is 0 Å². The van der Waals surface area contributed by atoms with Crippen molar-refractivity contribution in [3.05, 3.63) is 59.8 Å². The molecule has 7 heteroatoms. The van der Waals surface area contributed by atoms with Crippen molar-refractivity contribution in [1.82, 2.24) is 9.97 Å². The fraction of sp³-hybridized carbons (Fsp3) is 0.211. The van der Waals surface area contributed by atoms with Crippen LogP contribution in [0.15, 0.2) is 54.7 Å². The number of hydrogen-bond donors (Lipinski definition) is 0. The number of esters is 1. The van der Waals surface area contributed by atoms with Gasteiger partial charge in [-0.3, -0.25) is 4.79 Å². The van der Waals surface area contributed by atoms with Crippen LogP contribution < -0.4 is 9.47 Å². The van der Waals surface area contributed by atoms with Crippen LogP contribution in [0.5, 0.6) is 11.6 Å². The van der Waals surface area contributed by atoms with Gasteiger partial charge in [-0.2, -0.15) is 0 Å². The monoisotopic (exact) mass is 372 g/mol. The molecule has 0 saturated heterocycles. The van der Waals surface area contributed by atoms with E-state index >= 15 is 0 Å². The Labute approximate surface area is 155 Å². The van der Waals surface area contributed by atoms with E-state index < -0.39 is 12.3 Å². The summed E-state index contributed by atoms with van der Waals surface area (Å²) < 4.78 is 16.5. The van der Waals surface area contributed by atoms with Gasteiger partial charge in [0, 0.05) is 5.02 Å². The Balaban J connectivity index is 1.80. The first-order chi connectivity index (χ1) is 12.6. The van der Waals surface area contributed by atoms with E-state index in [0.717, 1.165) is 0 Å². The fourth-order valence-electron chi connectivity index (χ4n) is 2.27. The zero-order valence-electron chi connectivity index (χ0n) is 14.1. The molecular formula is C19H17ClN2O4. The number of halogens is 1. The Kier molecular flexibility index (Phi) is 5.86. The third-order valence-electron chi connectivity index (χ3n) is 3.38. The average molecular weight is 373 g/mol. The number of carbonyl (C=O) groups excluding carboxylic acids is 1. The molecule has 26 heavy (non-hydrogen) atoms. The summed E-state index contributed by atoms with van der Waals surface area (Å²) in [6.07, 6.45) is 0.489. The van der Waals surface area contributed by atoms with Gasteiger partial charge in [0.25, 0.3) is 6.29 Å².